The van der Waals surface area contributed by atoms with Crippen molar-refractivity contribution < 1.29 is 32.3 Å². The van der Waals surface area contributed by atoms with Gasteiger partial charge in [-0.1, -0.05) is 12.1 Å². The number of anilines is 1. The van der Waals surface area contributed by atoms with Gasteiger partial charge in [0, 0.05) is 23.0 Å². The molecule has 0 atom stereocenters. The summed E-state index contributed by atoms with van der Waals surface area (Å²) in [5.74, 6) is -2.93. The molecule has 1 aliphatic rings. The van der Waals surface area contributed by atoms with Crippen molar-refractivity contribution in [2.75, 3.05) is 5.32 Å². The number of nitrogens with one attached hydrogen (secondary N) is 1. The largest absolute Gasteiger partial charge is 0.478 e. The van der Waals surface area contributed by atoms with Gasteiger partial charge >= 0.3 is 12.1 Å². The Hall–Kier alpha value is -3.69. The predicted molar refractivity (Wildman–Crippen MR) is 121 cm³/mol. The van der Waals surface area contributed by atoms with E-state index in [1.54, 1.807) is 23.1 Å². The van der Waals surface area contributed by atoms with Crippen LogP contribution in [0.4, 0.5) is 23.2 Å². The zero-order chi connectivity index (χ0) is 25.8. The predicted octanol–water partition coefficient (Wildman–Crippen LogP) is 5.83. The fraction of sp³-hybridized carbons (Fsp3) is 0.320. The first-order chi connectivity index (χ1) is 16.2. The van der Waals surface area contributed by atoms with Crippen LogP contribution in [0.5, 0.6) is 0 Å². The number of rotatable bonds is 5. The summed E-state index contributed by atoms with van der Waals surface area (Å²) in [4.78, 5) is 25.0. The number of carboxylic acids is 1. The summed E-state index contributed by atoms with van der Waals surface area (Å²) >= 11 is 0. The Kier molecular flexibility index (Phi) is 5.73. The Bertz CT molecular complexity index is 1320. The zero-order valence-corrected chi connectivity index (χ0v) is 19.2. The lowest BCUT2D eigenvalue weighted by molar-refractivity contribution is -0.137. The fourth-order valence-electron chi connectivity index (χ4n) is 3.95. The molecule has 6 nitrogen and oxygen atoms in total. The van der Waals surface area contributed by atoms with Crippen LogP contribution in [0.15, 0.2) is 48.8 Å². The minimum absolute atomic E-state index is 0.0678. The zero-order valence-electron chi connectivity index (χ0n) is 19.2. The van der Waals surface area contributed by atoms with Gasteiger partial charge in [0.15, 0.2) is 0 Å². The van der Waals surface area contributed by atoms with Gasteiger partial charge in [-0.2, -0.15) is 18.3 Å². The number of aromatic nitrogens is 2. The number of hydrogen-bond donors (Lipinski definition) is 2. The van der Waals surface area contributed by atoms with Crippen molar-refractivity contribution in [1.29, 1.82) is 0 Å². The number of aromatic carboxylic acids is 1. The average Bonchev–Trinajstić information content (AvgIpc) is 3.40. The van der Waals surface area contributed by atoms with Crippen LogP contribution in [0, 0.1) is 5.82 Å². The first-order valence-electron chi connectivity index (χ1n) is 10.8. The number of alkyl halides is 3. The summed E-state index contributed by atoms with van der Waals surface area (Å²) in [6.45, 7) is 5.86. The second-order valence-electron chi connectivity index (χ2n) is 9.64. The highest BCUT2D eigenvalue weighted by Crippen LogP contribution is 2.50. The Labute approximate surface area is 198 Å². The number of hydrogen-bond acceptors (Lipinski definition) is 3. The average molecular weight is 489 g/mol. The van der Waals surface area contributed by atoms with E-state index in [1.165, 1.54) is 12.1 Å². The molecule has 1 aliphatic carbocycles. The molecule has 2 aromatic carbocycles. The normalized spacial score (nSPS) is 15.1. The number of halogens is 4. The van der Waals surface area contributed by atoms with Gasteiger partial charge in [-0.25, -0.2) is 9.18 Å². The molecule has 0 unspecified atom stereocenters. The Morgan fingerprint density at radius 1 is 1.09 bits per heavy atom. The lowest BCUT2D eigenvalue weighted by Gasteiger charge is -2.19. The molecular formula is C25H23F4N3O3. The van der Waals surface area contributed by atoms with Crippen molar-refractivity contribution in [3.05, 3.63) is 71.3 Å². The van der Waals surface area contributed by atoms with Gasteiger partial charge in [-0.15, -0.1) is 0 Å². The second kappa shape index (κ2) is 8.21. The number of benzene rings is 2. The van der Waals surface area contributed by atoms with E-state index in [9.17, 15) is 32.3 Å². The minimum Gasteiger partial charge on any atom is -0.478 e. The van der Waals surface area contributed by atoms with Gasteiger partial charge in [-0.3, -0.25) is 9.48 Å². The summed E-state index contributed by atoms with van der Waals surface area (Å²) in [6.07, 6.45) is -0.894. The monoisotopic (exact) mass is 489 g/mol. The quantitative estimate of drug-likeness (QED) is 0.442. The third kappa shape index (κ3) is 4.65. The number of carbonyl (C=O) groups is 2. The van der Waals surface area contributed by atoms with Crippen LogP contribution in [-0.4, -0.2) is 26.8 Å². The van der Waals surface area contributed by atoms with Crippen molar-refractivity contribution in [2.45, 2.75) is 50.7 Å². The first kappa shape index (κ1) is 24.4. The Morgan fingerprint density at radius 3 is 2.29 bits per heavy atom. The van der Waals surface area contributed by atoms with Gasteiger partial charge < -0.3 is 10.4 Å². The topological polar surface area (TPSA) is 84.2 Å². The van der Waals surface area contributed by atoms with Crippen LogP contribution in [-0.2, 0) is 21.9 Å². The second-order valence-corrected chi connectivity index (χ2v) is 9.64. The molecule has 3 aromatic rings. The third-order valence-corrected chi connectivity index (χ3v) is 6.09. The Balaban J connectivity index is 1.61. The van der Waals surface area contributed by atoms with E-state index >= 15 is 0 Å². The van der Waals surface area contributed by atoms with E-state index in [-0.39, 0.29) is 35.2 Å². The SMILES string of the molecule is CC(C)(C)n1cc(-c2ccc(NC(=O)C3(c4ccc(C(F)(F)F)cc4F)CC3)cc2C(=O)O)cn1. The molecule has 1 aromatic heterocycles. The summed E-state index contributed by atoms with van der Waals surface area (Å²) in [5.41, 5.74) is -1.76. The van der Waals surface area contributed by atoms with Gasteiger partial charge in [0.25, 0.3) is 0 Å². The summed E-state index contributed by atoms with van der Waals surface area (Å²) in [5, 5.41) is 16.6. The third-order valence-electron chi connectivity index (χ3n) is 6.09. The number of amides is 1. The molecule has 0 aliphatic heterocycles. The van der Waals surface area contributed by atoms with E-state index in [0.717, 1.165) is 12.1 Å². The summed E-state index contributed by atoms with van der Waals surface area (Å²) < 4.78 is 54.9. The van der Waals surface area contributed by atoms with Gasteiger partial charge in [-0.05, 0) is 63.4 Å². The molecule has 0 spiro atoms. The lowest BCUT2D eigenvalue weighted by Crippen LogP contribution is -2.29. The van der Waals surface area contributed by atoms with Crippen LogP contribution >= 0.6 is 0 Å². The van der Waals surface area contributed by atoms with Crippen molar-refractivity contribution in [2.24, 2.45) is 0 Å². The molecule has 10 heteroatoms. The molecular weight excluding hydrogens is 466 g/mol. The van der Waals surface area contributed by atoms with E-state index in [4.69, 9.17) is 0 Å². The molecule has 0 radical (unpaired) electrons. The van der Waals surface area contributed by atoms with Gasteiger partial charge in [0.05, 0.1) is 28.3 Å². The first-order valence-corrected chi connectivity index (χ1v) is 10.8. The molecule has 1 amide bonds. The van der Waals surface area contributed by atoms with Crippen LogP contribution in [0.25, 0.3) is 11.1 Å². The van der Waals surface area contributed by atoms with Crippen molar-refractivity contribution in [3.8, 4) is 11.1 Å². The smallest absolute Gasteiger partial charge is 0.416 e. The molecule has 4 rings (SSSR count). The number of carbonyl (C=O) groups excluding carboxylic acids is 1. The van der Waals surface area contributed by atoms with Crippen molar-refractivity contribution in [1.82, 2.24) is 9.78 Å². The molecule has 35 heavy (non-hydrogen) atoms. The molecule has 1 heterocycles. The highest BCUT2D eigenvalue weighted by molar-refractivity contribution is 6.03. The van der Waals surface area contributed by atoms with E-state index in [2.05, 4.69) is 10.4 Å². The minimum atomic E-state index is -4.70. The molecule has 184 valence electrons. The van der Waals surface area contributed by atoms with Crippen LogP contribution in [0.2, 0.25) is 0 Å². The molecule has 1 saturated carbocycles. The fourth-order valence-corrected chi connectivity index (χ4v) is 3.95. The van der Waals surface area contributed by atoms with E-state index in [0.29, 0.717) is 17.2 Å². The highest BCUT2D eigenvalue weighted by Gasteiger charge is 2.53. The van der Waals surface area contributed by atoms with E-state index < -0.39 is 34.8 Å². The summed E-state index contributed by atoms with van der Waals surface area (Å²) in [6, 6.07) is 6.49. The molecule has 0 saturated heterocycles. The maximum atomic E-state index is 14.5. The van der Waals surface area contributed by atoms with Crippen molar-refractivity contribution in [3.63, 3.8) is 0 Å². The number of nitrogens with zero attached hydrogens (tertiary/aromatic N) is 2. The van der Waals surface area contributed by atoms with Crippen LogP contribution < -0.4 is 5.32 Å². The highest BCUT2D eigenvalue weighted by atomic mass is 19.4. The standard InChI is InChI=1S/C25H23F4N3O3/c1-23(2,3)32-13-14(12-30-32)17-6-5-16(11-18(17)21(33)34)31-22(35)24(8-9-24)19-7-4-15(10-20(19)26)25(27,28)29/h4-7,10-13H,8-9H2,1-3H3,(H,31,35)(H,33,34). The molecule has 1 fully saturated rings. The van der Waals surface area contributed by atoms with Crippen LogP contribution in [0.1, 0.15) is 55.1 Å². The molecule has 2 N–H and O–H groups in total. The van der Waals surface area contributed by atoms with Crippen molar-refractivity contribution >= 4 is 17.6 Å². The maximum absolute atomic E-state index is 14.5. The van der Waals surface area contributed by atoms with Gasteiger partial charge in [0.2, 0.25) is 5.91 Å². The van der Waals surface area contributed by atoms with Gasteiger partial charge in [0.1, 0.15) is 5.82 Å². The Morgan fingerprint density at radius 2 is 1.77 bits per heavy atom. The lowest BCUT2D eigenvalue weighted by atomic mass is 9.93. The number of carboxylic acid groups (broad SMARTS) is 1. The summed E-state index contributed by atoms with van der Waals surface area (Å²) in [7, 11) is 0. The van der Waals surface area contributed by atoms with E-state index in [1.807, 2.05) is 20.8 Å². The van der Waals surface area contributed by atoms with Crippen LogP contribution in [0.3, 0.4) is 0 Å². The maximum Gasteiger partial charge on any atom is 0.416 e. The molecule has 0 bridgehead atoms.